The van der Waals surface area contributed by atoms with Gasteiger partial charge in [-0.3, -0.25) is 0 Å². The highest BCUT2D eigenvalue weighted by atomic mass is 79.9. The van der Waals surface area contributed by atoms with Gasteiger partial charge < -0.3 is 15.2 Å². The van der Waals surface area contributed by atoms with E-state index < -0.39 is 0 Å². The van der Waals surface area contributed by atoms with Crippen LogP contribution in [0.4, 0.5) is 0 Å². The second kappa shape index (κ2) is 6.25. The summed E-state index contributed by atoms with van der Waals surface area (Å²) >= 11 is 3.54. The SMILES string of the molecule is CC1(C)CCC(COc2ccc(CCN)cc2Br)O1. The number of benzene rings is 1. The first-order chi connectivity index (χ1) is 9.00. The van der Waals surface area contributed by atoms with Crippen molar-refractivity contribution >= 4 is 15.9 Å². The molecule has 1 saturated heterocycles. The minimum atomic E-state index is -0.00373. The molecule has 1 aliphatic rings. The minimum Gasteiger partial charge on any atom is -0.490 e. The molecule has 19 heavy (non-hydrogen) atoms. The van der Waals surface area contributed by atoms with E-state index in [1.165, 1.54) is 5.56 Å². The molecule has 1 heterocycles. The van der Waals surface area contributed by atoms with Gasteiger partial charge in [-0.2, -0.15) is 0 Å². The Morgan fingerprint density at radius 3 is 2.84 bits per heavy atom. The van der Waals surface area contributed by atoms with E-state index in [9.17, 15) is 0 Å². The van der Waals surface area contributed by atoms with Crippen LogP contribution in [-0.2, 0) is 11.2 Å². The van der Waals surface area contributed by atoms with Crippen LogP contribution in [0.1, 0.15) is 32.3 Å². The summed E-state index contributed by atoms with van der Waals surface area (Å²) < 4.78 is 12.7. The summed E-state index contributed by atoms with van der Waals surface area (Å²) in [7, 11) is 0. The number of rotatable bonds is 5. The Morgan fingerprint density at radius 1 is 1.47 bits per heavy atom. The van der Waals surface area contributed by atoms with E-state index in [2.05, 4.69) is 41.9 Å². The van der Waals surface area contributed by atoms with Crippen molar-refractivity contribution in [3.63, 3.8) is 0 Å². The molecule has 1 atom stereocenters. The molecule has 0 spiro atoms. The van der Waals surface area contributed by atoms with Crippen molar-refractivity contribution in [3.8, 4) is 5.75 Å². The molecule has 4 heteroatoms. The standard InChI is InChI=1S/C15H22BrNO2/c1-15(2)7-5-12(19-15)10-18-14-4-3-11(6-8-17)9-13(14)16/h3-4,9,12H,5-8,10,17H2,1-2H3. The van der Waals surface area contributed by atoms with Gasteiger partial charge >= 0.3 is 0 Å². The summed E-state index contributed by atoms with van der Waals surface area (Å²) in [5.74, 6) is 0.870. The predicted molar refractivity (Wildman–Crippen MR) is 80.6 cm³/mol. The van der Waals surface area contributed by atoms with Crippen molar-refractivity contribution in [2.24, 2.45) is 5.73 Å². The fourth-order valence-corrected chi connectivity index (χ4v) is 2.90. The second-order valence-electron chi connectivity index (χ2n) is 5.65. The zero-order valence-corrected chi connectivity index (χ0v) is 13.2. The zero-order chi connectivity index (χ0) is 13.9. The molecule has 3 nitrogen and oxygen atoms in total. The molecule has 0 saturated carbocycles. The van der Waals surface area contributed by atoms with E-state index in [1.807, 2.05) is 6.07 Å². The van der Waals surface area contributed by atoms with Crippen molar-refractivity contribution in [1.29, 1.82) is 0 Å². The molecule has 1 unspecified atom stereocenters. The number of halogens is 1. The Labute approximate surface area is 123 Å². The third kappa shape index (κ3) is 4.20. The van der Waals surface area contributed by atoms with Gasteiger partial charge in [0.05, 0.1) is 16.2 Å². The number of hydrogen-bond donors (Lipinski definition) is 1. The van der Waals surface area contributed by atoms with E-state index >= 15 is 0 Å². The Morgan fingerprint density at radius 2 is 2.26 bits per heavy atom. The lowest BCUT2D eigenvalue weighted by Gasteiger charge is -2.19. The Kier molecular flexibility index (Phi) is 4.87. The van der Waals surface area contributed by atoms with Gasteiger partial charge in [0.1, 0.15) is 12.4 Å². The normalized spacial score (nSPS) is 21.6. The van der Waals surface area contributed by atoms with Crippen LogP contribution in [0.25, 0.3) is 0 Å². The highest BCUT2D eigenvalue weighted by Crippen LogP contribution is 2.31. The van der Waals surface area contributed by atoms with Crippen LogP contribution in [0.15, 0.2) is 22.7 Å². The fourth-order valence-electron chi connectivity index (χ4n) is 2.36. The lowest BCUT2D eigenvalue weighted by atomic mass is 10.1. The van der Waals surface area contributed by atoms with E-state index in [1.54, 1.807) is 0 Å². The van der Waals surface area contributed by atoms with Gasteiger partial charge in [0.25, 0.3) is 0 Å². The van der Waals surface area contributed by atoms with Crippen LogP contribution in [0.2, 0.25) is 0 Å². The maximum Gasteiger partial charge on any atom is 0.133 e. The molecular weight excluding hydrogens is 306 g/mol. The lowest BCUT2D eigenvalue weighted by Crippen LogP contribution is -2.23. The second-order valence-corrected chi connectivity index (χ2v) is 6.51. The topological polar surface area (TPSA) is 44.5 Å². The van der Waals surface area contributed by atoms with Crippen LogP contribution in [0.3, 0.4) is 0 Å². The van der Waals surface area contributed by atoms with Gasteiger partial charge in [0.15, 0.2) is 0 Å². The van der Waals surface area contributed by atoms with Gasteiger partial charge in [-0.05, 0) is 73.3 Å². The first kappa shape index (κ1) is 14.8. The number of nitrogens with two attached hydrogens (primary N) is 1. The minimum absolute atomic E-state index is 0.00373. The average Bonchev–Trinajstić information content (AvgIpc) is 2.68. The fraction of sp³-hybridized carbons (Fsp3) is 0.600. The van der Waals surface area contributed by atoms with Crippen molar-refractivity contribution in [3.05, 3.63) is 28.2 Å². The molecule has 106 valence electrons. The average molecular weight is 328 g/mol. The van der Waals surface area contributed by atoms with Gasteiger partial charge in [-0.1, -0.05) is 6.07 Å². The third-order valence-electron chi connectivity index (χ3n) is 3.41. The molecule has 1 fully saturated rings. The summed E-state index contributed by atoms with van der Waals surface area (Å²) in [5.41, 5.74) is 6.77. The summed E-state index contributed by atoms with van der Waals surface area (Å²) in [6.45, 7) is 5.53. The monoisotopic (exact) mass is 327 g/mol. The van der Waals surface area contributed by atoms with Crippen LogP contribution in [0.5, 0.6) is 5.75 Å². The molecule has 1 aliphatic heterocycles. The van der Waals surface area contributed by atoms with E-state index in [0.29, 0.717) is 13.2 Å². The Hall–Kier alpha value is -0.580. The van der Waals surface area contributed by atoms with Crippen LogP contribution in [0, 0.1) is 0 Å². The molecular formula is C15H22BrNO2. The third-order valence-corrected chi connectivity index (χ3v) is 4.03. The zero-order valence-electron chi connectivity index (χ0n) is 11.6. The molecule has 0 amide bonds. The molecule has 0 aliphatic carbocycles. The van der Waals surface area contributed by atoms with Crippen LogP contribution < -0.4 is 10.5 Å². The molecule has 0 bridgehead atoms. The van der Waals surface area contributed by atoms with Gasteiger partial charge in [0, 0.05) is 0 Å². The largest absolute Gasteiger partial charge is 0.490 e. The molecule has 1 aromatic carbocycles. The lowest BCUT2D eigenvalue weighted by molar-refractivity contribution is -0.0327. The maximum atomic E-state index is 5.92. The summed E-state index contributed by atoms with van der Waals surface area (Å²) in [6, 6.07) is 6.13. The van der Waals surface area contributed by atoms with Gasteiger partial charge in [-0.25, -0.2) is 0 Å². The first-order valence-electron chi connectivity index (χ1n) is 6.79. The molecule has 0 aromatic heterocycles. The van der Waals surface area contributed by atoms with Crippen molar-refractivity contribution in [2.45, 2.75) is 44.8 Å². The van der Waals surface area contributed by atoms with Gasteiger partial charge in [-0.15, -0.1) is 0 Å². The van der Waals surface area contributed by atoms with E-state index in [0.717, 1.165) is 29.5 Å². The molecule has 0 radical (unpaired) electrons. The first-order valence-corrected chi connectivity index (χ1v) is 7.58. The van der Waals surface area contributed by atoms with Crippen molar-refractivity contribution in [1.82, 2.24) is 0 Å². The smallest absolute Gasteiger partial charge is 0.133 e. The van der Waals surface area contributed by atoms with E-state index in [4.69, 9.17) is 15.2 Å². The summed E-state index contributed by atoms with van der Waals surface area (Å²) in [6.07, 6.45) is 3.25. The van der Waals surface area contributed by atoms with Crippen molar-refractivity contribution < 1.29 is 9.47 Å². The number of hydrogen-bond acceptors (Lipinski definition) is 3. The highest BCUT2D eigenvalue weighted by Gasteiger charge is 2.31. The predicted octanol–water partition coefficient (Wildman–Crippen LogP) is 3.29. The number of ether oxygens (including phenoxy) is 2. The quantitative estimate of drug-likeness (QED) is 0.902. The molecule has 2 rings (SSSR count). The Balaban J connectivity index is 1.89. The highest BCUT2D eigenvalue weighted by molar-refractivity contribution is 9.10. The van der Waals surface area contributed by atoms with Crippen LogP contribution in [-0.4, -0.2) is 24.9 Å². The van der Waals surface area contributed by atoms with Crippen LogP contribution >= 0.6 is 15.9 Å². The Bertz CT molecular complexity index is 434. The van der Waals surface area contributed by atoms with E-state index in [-0.39, 0.29) is 11.7 Å². The summed E-state index contributed by atoms with van der Waals surface area (Å²) in [4.78, 5) is 0. The molecule has 1 aromatic rings. The van der Waals surface area contributed by atoms with Gasteiger partial charge in [0.2, 0.25) is 0 Å². The molecule has 2 N–H and O–H groups in total. The van der Waals surface area contributed by atoms with Crippen molar-refractivity contribution in [2.75, 3.05) is 13.2 Å². The maximum absolute atomic E-state index is 5.92. The summed E-state index contributed by atoms with van der Waals surface area (Å²) in [5, 5.41) is 0.